The second-order valence-corrected chi connectivity index (χ2v) is 10.1. The van der Waals surface area contributed by atoms with Gasteiger partial charge in [0.25, 0.3) is 0 Å². The van der Waals surface area contributed by atoms with E-state index in [1.807, 2.05) is 6.07 Å². The molecule has 1 aliphatic carbocycles. The molecule has 0 amide bonds. The molecule has 1 fully saturated rings. The summed E-state index contributed by atoms with van der Waals surface area (Å²) >= 11 is 1.56. The maximum Gasteiger partial charge on any atom is 0.433 e. The Balaban J connectivity index is 1.40. The largest absolute Gasteiger partial charge is 0.481 e. The molecule has 0 aliphatic heterocycles. The summed E-state index contributed by atoms with van der Waals surface area (Å²) in [6.07, 6.45) is 3.07. The number of hydrogen-bond acceptors (Lipinski definition) is 7. The monoisotopic (exact) mass is 516 g/mol. The van der Waals surface area contributed by atoms with Crippen molar-refractivity contribution < 1.29 is 23.1 Å². The first-order chi connectivity index (χ1) is 17.2. The lowest BCUT2D eigenvalue weighted by atomic mass is 9.76. The zero-order valence-electron chi connectivity index (χ0n) is 19.2. The van der Waals surface area contributed by atoms with E-state index in [1.54, 1.807) is 29.8 Å². The van der Waals surface area contributed by atoms with Crippen molar-refractivity contribution in [2.24, 2.45) is 11.8 Å². The summed E-state index contributed by atoms with van der Waals surface area (Å²) in [5, 5.41) is 21.0. The van der Waals surface area contributed by atoms with E-state index in [1.165, 1.54) is 0 Å². The number of nitrogens with one attached hydrogen (secondary N) is 2. The lowest BCUT2D eigenvalue weighted by Gasteiger charge is -2.29. The average Bonchev–Trinajstić information content (AvgIpc) is 3.53. The Hall–Kier alpha value is -3.54. The second kappa shape index (κ2) is 9.49. The van der Waals surface area contributed by atoms with Gasteiger partial charge in [-0.3, -0.25) is 9.89 Å². The fraction of sp³-hybridized carbons (Fsp3) is 0.375. The molecule has 0 bridgehead atoms. The van der Waals surface area contributed by atoms with Crippen LogP contribution in [0.15, 0.2) is 36.8 Å². The van der Waals surface area contributed by atoms with E-state index in [-0.39, 0.29) is 17.8 Å². The third-order valence-electron chi connectivity index (χ3n) is 6.77. The number of carbonyl (C=O) groups is 1. The Morgan fingerprint density at radius 1 is 1.19 bits per heavy atom. The number of carboxylic acid groups (broad SMARTS) is 1. The van der Waals surface area contributed by atoms with Crippen LogP contribution in [0.5, 0.6) is 0 Å². The molecule has 36 heavy (non-hydrogen) atoms. The van der Waals surface area contributed by atoms with Crippen LogP contribution in [-0.4, -0.2) is 36.2 Å². The van der Waals surface area contributed by atoms with Crippen molar-refractivity contribution in [3.8, 4) is 10.4 Å². The summed E-state index contributed by atoms with van der Waals surface area (Å²) in [6, 6.07) is 4.38. The van der Waals surface area contributed by atoms with E-state index in [2.05, 4.69) is 37.4 Å². The minimum absolute atomic E-state index is 0.162. The summed E-state index contributed by atoms with van der Waals surface area (Å²) in [6.45, 7) is 2.13. The Labute approximate surface area is 208 Å². The predicted molar refractivity (Wildman–Crippen MR) is 129 cm³/mol. The van der Waals surface area contributed by atoms with Crippen molar-refractivity contribution >= 4 is 39.8 Å². The first kappa shape index (κ1) is 24.2. The third-order valence-corrected chi connectivity index (χ3v) is 8.00. The predicted octanol–water partition coefficient (Wildman–Crippen LogP) is 6.23. The molecule has 12 heteroatoms. The number of nitrogens with zero attached hydrogens (tertiary/aromatic N) is 4. The molecule has 3 N–H and O–H groups in total. The van der Waals surface area contributed by atoms with Crippen LogP contribution in [0.1, 0.15) is 49.2 Å². The van der Waals surface area contributed by atoms with Crippen molar-refractivity contribution in [2.45, 2.75) is 44.7 Å². The molecule has 5 rings (SSSR count). The highest BCUT2D eigenvalue weighted by Crippen LogP contribution is 2.42. The van der Waals surface area contributed by atoms with E-state index in [0.717, 1.165) is 45.9 Å². The molecule has 8 nitrogen and oxygen atoms in total. The summed E-state index contributed by atoms with van der Waals surface area (Å²) in [7, 11) is 0. The Morgan fingerprint density at radius 2 is 1.97 bits per heavy atom. The van der Waals surface area contributed by atoms with E-state index >= 15 is 0 Å². The quantitative estimate of drug-likeness (QED) is 0.278. The van der Waals surface area contributed by atoms with Crippen LogP contribution in [0, 0.1) is 11.8 Å². The molecule has 0 unspecified atom stereocenters. The number of aliphatic carboxylic acids is 1. The average molecular weight is 517 g/mol. The van der Waals surface area contributed by atoms with E-state index in [4.69, 9.17) is 0 Å². The maximum absolute atomic E-state index is 13.1. The summed E-state index contributed by atoms with van der Waals surface area (Å²) < 4.78 is 39.2. The molecule has 1 saturated carbocycles. The third kappa shape index (κ3) is 4.90. The number of anilines is 2. The highest BCUT2D eigenvalue weighted by Gasteiger charge is 2.33. The molecule has 4 aromatic rings. The zero-order chi connectivity index (χ0) is 25.4. The fourth-order valence-corrected chi connectivity index (χ4v) is 5.82. The van der Waals surface area contributed by atoms with Crippen LogP contribution in [0.2, 0.25) is 0 Å². The van der Waals surface area contributed by atoms with Crippen LogP contribution in [0.25, 0.3) is 21.3 Å². The number of fused-ring (bicyclic) bond motifs is 1. The number of alkyl halides is 3. The van der Waals surface area contributed by atoms with Gasteiger partial charge in [-0.2, -0.15) is 18.3 Å². The van der Waals surface area contributed by atoms with Gasteiger partial charge >= 0.3 is 12.1 Å². The minimum atomic E-state index is -4.57. The molecule has 3 heterocycles. The lowest BCUT2D eigenvalue weighted by molar-refractivity contribution is -0.143. The maximum atomic E-state index is 13.1. The van der Waals surface area contributed by atoms with Gasteiger partial charge in [0.05, 0.1) is 27.5 Å². The van der Waals surface area contributed by atoms with Gasteiger partial charge in [-0.1, -0.05) is 6.92 Å². The molecular formula is C24H23F3N6O2S. The molecule has 0 spiro atoms. The van der Waals surface area contributed by atoms with Gasteiger partial charge in [-0.05, 0) is 49.8 Å². The topological polar surface area (TPSA) is 117 Å². The standard InChI is InChI=1S/C24H23F3N6O2S/c1-12(13-2-4-14(5-3-13)22(34)35)21-29-11-19(36-21)16-8-15(9-18-17(16)10-30-33-18)31-23-28-7-6-20(32-23)24(25,26)27/h6-14H,2-5H2,1H3,(H,30,33)(H,34,35)(H,28,31,32)/t12-,13?,14?/m0/s1. The second-order valence-electron chi connectivity index (χ2n) is 9.04. The number of halogens is 3. The van der Waals surface area contributed by atoms with Crippen molar-refractivity contribution in [1.29, 1.82) is 0 Å². The number of H-pyrrole nitrogens is 1. The molecule has 1 aliphatic rings. The highest BCUT2D eigenvalue weighted by atomic mass is 32.1. The van der Waals surface area contributed by atoms with Crippen molar-refractivity contribution in [3.05, 3.63) is 47.5 Å². The van der Waals surface area contributed by atoms with Crippen molar-refractivity contribution in [1.82, 2.24) is 25.1 Å². The Morgan fingerprint density at radius 3 is 2.69 bits per heavy atom. The first-order valence-corrected chi connectivity index (χ1v) is 12.3. The Bertz CT molecular complexity index is 1390. The van der Waals surface area contributed by atoms with Crippen LogP contribution in [0.4, 0.5) is 24.8 Å². The van der Waals surface area contributed by atoms with E-state index in [0.29, 0.717) is 30.0 Å². The van der Waals surface area contributed by atoms with Crippen LogP contribution in [-0.2, 0) is 11.0 Å². The van der Waals surface area contributed by atoms with Crippen LogP contribution in [0.3, 0.4) is 0 Å². The molecule has 1 aromatic carbocycles. The van der Waals surface area contributed by atoms with E-state index < -0.39 is 17.8 Å². The number of benzene rings is 1. The van der Waals surface area contributed by atoms with Crippen LogP contribution >= 0.6 is 11.3 Å². The van der Waals surface area contributed by atoms with Gasteiger partial charge in [-0.15, -0.1) is 11.3 Å². The lowest BCUT2D eigenvalue weighted by Crippen LogP contribution is -2.23. The summed E-state index contributed by atoms with van der Waals surface area (Å²) in [5.74, 6) is -0.570. The van der Waals surface area contributed by atoms with Gasteiger partial charge in [0.2, 0.25) is 5.95 Å². The van der Waals surface area contributed by atoms with Gasteiger partial charge in [-0.25, -0.2) is 15.0 Å². The number of aromatic nitrogens is 5. The van der Waals surface area contributed by atoms with Gasteiger partial charge in [0.1, 0.15) is 5.69 Å². The summed E-state index contributed by atoms with van der Waals surface area (Å²) in [5.41, 5.74) is 1.02. The van der Waals surface area contributed by atoms with Crippen molar-refractivity contribution in [3.63, 3.8) is 0 Å². The molecule has 1 atom stereocenters. The van der Waals surface area contributed by atoms with Crippen LogP contribution < -0.4 is 5.32 Å². The fourth-order valence-electron chi connectivity index (χ4n) is 4.72. The number of hydrogen-bond donors (Lipinski definition) is 3. The zero-order valence-corrected chi connectivity index (χ0v) is 20.0. The Kier molecular flexibility index (Phi) is 6.37. The smallest absolute Gasteiger partial charge is 0.433 e. The molecular weight excluding hydrogens is 493 g/mol. The first-order valence-electron chi connectivity index (χ1n) is 11.5. The normalized spacial score (nSPS) is 19.3. The minimum Gasteiger partial charge on any atom is -0.481 e. The number of carboxylic acids is 1. The molecule has 0 saturated heterocycles. The molecule has 188 valence electrons. The van der Waals surface area contributed by atoms with Crippen molar-refractivity contribution in [2.75, 3.05) is 5.32 Å². The highest BCUT2D eigenvalue weighted by molar-refractivity contribution is 7.15. The van der Waals surface area contributed by atoms with Gasteiger partial charge < -0.3 is 10.4 Å². The van der Waals surface area contributed by atoms with Gasteiger partial charge in [0.15, 0.2) is 0 Å². The number of rotatable bonds is 6. The number of aromatic amines is 1. The molecule has 0 radical (unpaired) electrons. The number of thiazole rings is 1. The van der Waals surface area contributed by atoms with E-state index in [9.17, 15) is 23.1 Å². The molecule has 3 aromatic heterocycles. The SMILES string of the molecule is C[C@H](c1ncc(-c2cc(Nc3nccc(C(F)(F)F)n3)cc3[nH]ncc23)s1)C1CCC(C(=O)O)CC1. The summed E-state index contributed by atoms with van der Waals surface area (Å²) in [4.78, 5) is 24.3. The van der Waals surface area contributed by atoms with Gasteiger partial charge in [0, 0.05) is 34.9 Å².